The van der Waals surface area contributed by atoms with Crippen LogP contribution < -0.4 is 5.32 Å². The summed E-state index contributed by atoms with van der Waals surface area (Å²) in [6, 6.07) is 6.89. The molecule has 24 heavy (non-hydrogen) atoms. The van der Waals surface area contributed by atoms with E-state index in [2.05, 4.69) is 10.2 Å². The van der Waals surface area contributed by atoms with Crippen LogP contribution in [0.3, 0.4) is 0 Å². The molecular formula is C19H26ClFN2O. The van der Waals surface area contributed by atoms with Gasteiger partial charge in [-0.05, 0) is 36.5 Å². The number of hydrogen-bond donors (Lipinski definition) is 1. The van der Waals surface area contributed by atoms with Crippen molar-refractivity contribution in [2.75, 3.05) is 19.6 Å². The molecule has 3 fully saturated rings. The zero-order chi connectivity index (χ0) is 15.8. The van der Waals surface area contributed by atoms with Crippen molar-refractivity contribution in [1.82, 2.24) is 10.2 Å². The van der Waals surface area contributed by atoms with Gasteiger partial charge in [-0.1, -0.05) is 31.4 Å². The third kappa shape index (κ3) is 3.18. The first-order valence-electron chi connectivity index (χ1n) is 9.00. The summed E-state index contributed by atoms with van der Waals surface area (Å²) in [7, 11) is 0. The van der Waals surface area contributed by atoms with Crippen LogP contribution in [0, 0.1) is 23.6 Å². The first-order valence-corrected chi connectivity index (χ1v) is 9.00. The van der Waals surface area contributed by atoms with Gasteiger partial charge in [-0.3, -0.25) is 4.79 Å². The molecule has 0 radical (unpaired) electrons. The molecule has 0 aromatic heterocycles. The average molecular weight is 353 g/mol. The molecular weight excluding hydrogens is 327 g/mol. The van der Waals surface area contributed by atoms with Crippen molar-refractivity contribution in [3.63, 3.8) is 0 Å². The van der Waals surface area contributed by atoms with E-state index < -0.39 is 0 Å². The van der Waals surface area contributed by atoms with Crippen LogP contribution in [0.1, 0.15) is 43.7 Å². The number of carbonyl (C=O) groups excluding carboxylic acids is 1. The Balaban J connectivity index is 0.00000169. The lowest BCUT2D eigenvalue weighted by Gasteiger charge is -2.33. The standard InChI is InChI=1S/C19H25FN2O.ClH/c20-16-8-4-7-14(9-16)18-17-11-21-10-15(17)12-22(18)19(23)13-5-2-1-3-6-13;/h4,7-9,13,15,17-18,21H,1-3,5-6,10-12H2;1H/t15-,17-,18-;/m0./s1. The Bertz CT molecular complexity index is 590. The van der Waals surface area contributed by atoms with Gasteiger partial charge in [0.25, 0.3) is 0 Å². The number of rotatable bonds is 2. The Morgan fingerprint density at radius 1 is 1.17 bits per heavy atom. The zero-order valence-corrected chi connectivity index (χ0v) is 14.7. The molecule has 2 saturated heterocycles. The third-order valence-corrected chi connectivity index (χ3v) is 5.99. The van der Waals surface area contributed by atoms with E-state index in [0.29, 0.717) is 17.7 Å². The van der Waals surface area contributed by atoms with Gasteiger partial charge in [-0.25, -0.2) is 4.39 Å². The number of carbonyl (C=O) groups is 1. The molecule has 1 aromatic rings. The summed E-state index contributed by atoms with van der Waals surface area (Å²) >= 11 is 0. The molecule has 1 amide bonds. The van der Waals surface area contributed by atoms with Crippen LogP contribution in [0.15, 0.2) is 24.3 Å². The van der Waals surface area contributed by atoms with E-state index >= 15 is 0 Å². The number of amides is 1. The molecule has 3 nitrogen and oxygen atoms in total. The van der Waals surface area contributed by atoms with Gasteiger partial charge in [0.05, 0.1) is 6.04 Å². The van der Waals surface area contributed by atoms with Gasteiger partial charge in [-0.2, -0.15) is 0 Å². The third-order valence-electron chi connectivity index (χ3n) is 5.99. The first kappa shape index (κ1) is 17.7. The van der Waals surface area contributed by atoms with Crippen molar-refractivity contribution in [2.24, 2.45) is 17.8 Å². The normalized spacial score (nSPS) is 30.0. The lowest BCUT2D eigenvalue weighted by Crippen LogP contribution is -2.39. The maximum absolute atomic E-state index is 13.7. The van der Waals surface area contributed by atoms with Gasteiger partial charge in [0.2, 0.25) is 5.91 Å². The molecule has 0 spiro atoms. The highest BCUT2D eigenvalue weighted by molar-refractivity contribution is 5.85. The monoisotopic (exact) mass is 352 g/mol. The number of hydrogen-bond acceptors (Lipinski definition) is 2. The predicted octanol–water partition coefficient (Wildman–Crippen LogP) is 3.55. The Labute approximate surface area is 149 Å². The quantitative estimate of drug-likeness (QED) is 0.882. The van der Waals surface area contributed by atoms with Gasteiger partial charge < -0.3 is 10.2 Å². The summed E-state index contributed by atoms with van der Waals surface area (Å²) in [5, 5.41) is 3.45. The fourth-order valence-corrected chi connectivity index (χ4v) is 4.85. The molecule has 1 aliphatic carbocycles. The molecule has 2 heterocycles. The number of likely N-dealkylation sites (tertiary alicyclic amines) is 1. The smallest absolute Gasteiger partial charge is 0.226 e. The van der Waals surface area contributed by atoms with E-state index in [0.717, 1.165) is 38.0 Å². The fraction of sp³-hybridized carbons (Fsp3) is 0.632. The van der Waals surface area contributed by atoms with E-state index in [-0.39, 0.29) is 30.2 Å². The summed E-state index contributed by atoms with van der Waals surface area (Å²) in [4.78, 5) is 15.2. The van der Waals surface area contributed by atoms with Crippen LogP contribution in [0.4, 0.5) is 4.39 Å². The van der Waals surface area contributed by atoms with Crippen molar-refractivity contribution < 1.29 is 9.18 Å². The number of benzene rings is 1. The molecule has 1 N–H and O–H groups in total. The Hall–Kier alpha value is -1.13. The summed E-state index contributed by atoms with van der Waals surface area (Å²) in [5.41, 5.74) is 0.963. The maximum Gasteiger partial charge on any atom is 0.226 e. The van der Waals surface area contributed by atoms with Crippen molar-refractivity contribution in [2.45, 2.75) is 38.1 Å². The predicted molar refractivity (Wildman–Crippen MR) is 94.5 cm³/mol. The van der Waals surface area contributed by atoms with Crippen LogP contribution in [0.25, 0.3) is 0 Å². The van der Waals surface area contributed by atoms with Gasteiger partial charge >= 0.3 is 0 Å². The van der Waals surface area contributed by atoms with E-state index in [9.17, 15) is 9.18 Å². The zero-order valence-electron chi connectivity index (χ0n) is 13.9. The molecule has 3 aliphatic rings. The van der Waals surface area contributed by atoms with E-state index in [1.54, 1.807) is 12.1 Å². The number of fused-ring (bicyclic) bond motifs is 1. The number of nitrogens with one attached hydrogen (secondary N) is 1. The van der Waals surface area contributed by atoms with Crippen LogP contribution >= 0.6 is 12.4 Å². The number of nitrogens with zero attached hydrogens (tertiary/aromatic N) is 1. The maximum atomic E-state index is 13.7. The fourth-order valence-electron chi connectivity index (χ4n) is 4.85. The lowest BCUT2D eigenvalue weighted by molar-refractivity contribution is -0.138. The van der Waals surface area contributed by atoms with Crippen LogP contribution in [-0.4, -0.2) is 30.4 Å². The van der Waals surface area contributed by atoms with Crippen LogP contribution in [0.5, 0.6) is 0 Å². The van der Waals surface area contributed by atoms with E-state index in [1.807, 2.05) is 6.07 Å². The summed E-state index contributed by atoms with van der Waals surface area (Å²) in [6.07, 6.45) is 5.65. The van der Waals surface area contributed by atoms with Crippen molar-refractivity contribution >= 4 is 18.3 Å². The molecule has 132 valence electrons. The number of halogens is 2. The minimum absolute atomic E-state index is 0. The van der Waals surface area contributed by atoms with Crippen molar-refractivity contribution in [3.8, 4) is 0 Å². The topological polar surface area (TPSA) is 32.3 Å². The van der Waals surface area contributed by atoms with Gasteiger partial charge in [0.15, 0.2) is 0 Å². The Morgan fingerprint density at radius 3 is 2.71 bits per heavy atom. The second kappa shape index (κ2) is 7.40. The molecule has 1 saturated carbocycles. The summed E-state index contributed by atoms with van der Waals surface area (Å²) < 4.78 is 13.7. The highest BCUT2D eigenvalue weighted by atomic mass is 35.5. The van der Waals surface area contributed by atoms with Gasteiger partial charge in [0, 0.05) is 31.5 Å². The molecule has 1 aromatic carbocycles. The van der Waals surface area contributed by atoms with Crippen LogP contribution in [-0.2, 0) is 4.79 Å². The first-order chi connectivity index (χ1) is 11.2. The Morgan fingerprint density at radius 2 is 1.96 bits per heavy atom. The molecule has 3 atom stereocenters. The average Bonchev–Trinajstić information content (AvgIpc) is 3.15. The highest BCUT2D eigenvalue weighted by Gasteiger charge is 2.47. The molecule has 5 heteroatoms. The SMILES string of the molecule is Cl.O=C(C1CCCCC1)N1C[C@@H]2CNC[C@@H]2[C@@H]1c1cccc(F)c1. The highest BCUT2D eigenvalue weighted by Crippen LogP contribution is 2.44. The van der Waals surface area contributed by atoms with E-state index in [1.165, 1.54) is 25.3 Å². The second-order valence-electron chi connectivity index (χ2n) is 7.41. The lowest BCUT2D eigenvalue weighted by atomic mass is 9.87. The molecule has 4 rings (SSSR count). The minimum atomic E-state index is -0.207. The van der Waals surface area contributed by atoms with Crippen molar-refractivity contribution in [3.05, 3.63) is 35.6 Å². The van der Waals surface area contributed by atoms with E-state index in [4.69, 9.17) is 0 Å². The molecule has 0 unspecified atom stereocenters. The minimum Gasteiger partial charge on any atom is -0.335 e. The summed E-state index contributed by atoms with van der Waals surface area (Å²) in [6.45, 7) is 2.74. The molecule has 2 aliphatic heterocycles. The van der Waals surface area contributed by atoms with Crippen LogP contribution in [0.2, 0.25) is 0 Å². The summed E-state index contributed by atoms with van der Waals surface area (Å²) in [5.74, 6) is 1.22. The largest absolute Gasteiger partial charge is 0.335 e. The van der Waals surface area contributed by atoms with Gasteiger partial charge in [-0.15, -0.1) is 12.4 Å². The second-order valence-corrected chi connectivity index (χ2v) is 7.41. The van der Waals surface area contributed by atoms with Gasteiger partial charge in [0.1, 0.15) is 5.82 Å². The van der Waals surface area contributed by atoms with Crippen molar-refractivity contribution in [1.29, 1.82) is 0 Å². The molecule has 0 bridgehead atoms. The Kier molecular flexibility index (Phi) is 5.46.